The zero-order valence-corrected chi connectivity index (χ0v) is 16.6. The number of amides is 1. The predicted molar refractivity (Wildman–Crippen MR) is 109 cm³/mol. The van der Waals surface area contributed by atoms with Gasteiger partial charge in [0.15, 0.2) is 11.8 Å². The Morgan fingerprint density at radius 3 is 2.71 bits per heavy atom. The number of quaternary nitrogens is 1. The summed E-state index contributed by atoms with van der Waals surface area (Å²) in [6.45, 7) is 6.94. The normalized spacial score (nSPS) is 15.8. The topological polar surface area (TPSA) is 59.6 Å². The van der Waals surface area contributed by atoms with E-state index in [-0.39, 0.29) is 11.9 Å². The highest BCUT2D eigenvalue weighted by atomic mass is 16.3. The van der Waals surface area contributed by atoms with Gasteiger partial charge in [0.05, 0.1) is 37.8 Å². The molecule has 2 aromatic heterocycles. The summed E-state index contributed by atoms with van der Waals surface area (Å²) < 4.78 is 5.66. The lowest BCUT2D eigenvalue weighted by Gasteiger charge is -2.23. The summed E-state index contributed by atoms with van der Waals surface area (Å²) in [6.07, 6.45) is 4.55. The van der Waals surface area contributed by atoms with Crippen LogP contribution < -0.4 is 10.2 Å². The van der Waals surface area contributed by atoms with Crippen LogP contribution in [0.2, 0.25) is 0 Å². The highest BCUT2D eigenvalue weighted by Gasteiger charge is 2.29. The molecule has 1 fully saturated rings. The van der Waals surface area contributed by atoms with E-state index >= 15 is 0 Å². The second-order valence-electron chi connectivity index (χ2n) is 7.73. The Morgan fingerprint density at radius 2 is 1.96 bits per heavy atom. The summed E-state index contributed by atoms with van der Waals surface area (Å²) in [7, 11) is 0. The molecule has 1 aliphatic rings. The first kappa shape index (κ1) is 18.7. The van der Waals surface area contributed by atoms with E-state index in [0.29, 0.717) is 13.0 Å². The van der Waals surface area contributed by atoms with E-state index in [9.17, 15) is 4.79 Å². The van der Waals surface area contributed by atoms with Crippen LogP contribution >= 0.6 is 0 Å². The molecule has 28 heavy (non-hydrogen) atoms. The third-order valence-corrected chi connectivity index (χ3v) is 5.95. The molecule has 1 amide bonds. The average molecular weight is 378 g/mol. The standard InChI is InChI=1S/C23H27N3O2/c1-16-18-8-3-4-9-20(18)25-17(2)19(16)14-23(27)24-15-21(22-10-7-13-28-22)26-11-5-6-12-26/h3-4,7-10,13,21H,5-6,11-12,14-15H2,1-2H3,(H,24,27)/p+1/t21-/m0/s1. The molecular weight excluding hydrogens is 350 g/mol. The fourth-order valence-electron chi connectivity index (χ4n) is 4.38. The number of hydrogen-bond donors (Lipinski definition) is 2. The third-order valence-electron chi connectivity index (χ3n) is 5.95. The number of carbonyl (C=O) groups is 1. The first-order chi connectivity index (χ1) is 13.6. The lowest BCUT2D eigenvalue weighted by Crippen LogP contribution is -3.11. The van der Waals surface area contributed by atoms with E-state index in [1.165, 1.54) is 17.7 Å². The van der Waals surface area contributed by atoms with Gasteiger partial charge >= 0.3 is 0 Å². The average Bonchev–Trinajstić information content (AvgIpc) is 3.40. The van der Waals surface area contributed by atoms with Crippen LogP contribution in [-0.2, 0) is 11.2 Å². The Labute approximate surface area is 165 Å². The minimum Gasteiger partial charge on any atom is -0.463 e. The number of likely N-dealkylation sites (tertiary alicyclic amines) is 1. The van der Waals surface area contributed by atoms with Gasteiger partial charge in [-0.2, -0.15) is 0 Å². The van der Waals surface area contributed by atoms with Crippen LogP contribution in [0.4, 0.5) is 0 Å². The van der Waals surface area contributed by atoms with Gasteiger partial charge in [-0.1, -0.05) is 18.2 Å². The first-order valence-electron chi connectivity index (χ1n) is 10.1. The van der Waals surface area contributed by atoms with Crippen molar-refractivity contribution in [1.29, 1.82) is 0 Å². The minimum atomic E-state index is 0.0402. The van der Waals surface area contributed by atoms with Gasteiger partial charge in [-0.05, 0) is 43.2 Å². The van der Waals surface area contributed by atoms with Crippen LogP contribution in [0.5, 0.6) is 0 Å². The van der Waals surface area contributed by atoms with Crippen molar-refractivity contribution >= 4 is 16.8 Å². The number of furan rings is 1. The van der Waals surface area contributed by atoms with Gasteiger partial charge < -0.3 is 14.6 Å². The van der Waals surface area contributed by atoms with E-state index in [2.05, 4.69) is 23.3 Å². The number of nitrogens with zero attached hydrogens (tertiary/aromatic N) is 1. The van der Waals surface area contributed by atoms with Gasteiger partial charge in [0.1, 0.15) is 0 Å². The zero-order valence-electron chi connectivity index (χ0n) is 16.6. The van der Waals surface area contributed by atoms with Crippen molar-refractivity contribution in [2.45, 2.75) is 39.2 Å². The van der Waals surface area contributed by atoms with E-state index in [1.807, 2.05) is 37.3 Å². The molecule has 1 saturated heterocycles. The highest BCUT2D eigenvalue weighted by Crippen LogP contribution is 2.23. The second kappa shape index (κ2) is 8.15. The summed E-state index contributed by atoms with van der Waals surface area (Å²) in [6, 6.07) is 12.2. The van der Waals surface area contributed by atoms with Crippen LogP contribution in [0, 0.1) is 13.8 Å². The van der Waals surface area contributed by atoms with Gasteiger partial charge in [-0.3, -0.25) is 9.78 Å². The third kappa shape index (κ3) is 3.80. The highest BCUT2D eigenvalue weighted by molar-refractivity contribution is 5.86. The smallest absolute Gasteiger partial charge is 0.224 e. The molecule has 1 atom stereocenters. The van der Waals surface area contributed by atoms with E-state index in [4.69, 9.17) is 4.42 Å². The molecule has 3 aromatic rings. The lowest BCUT2D eigenvalue weighted by molar-refractivity contribution is -0.919. The second-order valence-corrected chi connectivity index (χ2v) is 7.73. The molecule has 0 radical (unpaired) electrons. The molecule has 2 N–H and O–H groups in total. The SMILES string of the molecule is Cc1nc2ccccc2c(C)c1CC(=O)NC[C@@H](c1ccco1)[NH+]1CCCC1. The molecule has 0 unspecified atom stereocenters. The number of para-hydroxylation sites is 1. The molecule has 4 rings (SSSR count). The fraction of sp³-hybridized carbons (Fsp3) is 0.391. The Balaban J connectivity index is 1.47. The predicted octanol–water partition coefficient (Wildman–Crippen LogP) is 2.52. The summed E-state index contributed by atoms with van der Waals surface area (Å²) in [5, 5.41) is 4.27. The molecule has 0 spiro atoms. The molecule has 0 bridgehead atoms. The van der Waals surface area contributed by atoms with Crippen LogP contribution in [0.15, 0.2) is 47.1 Å². The van der Waals surface area contributed by atoms with Crippen LogP contribution in [0.3, 0.4) is 0 Å². The number of hydrogen-bond acceptors (Lipinski definition) is 3. The Hall–Kier alpha value is -2.66. The van der Waals surface area contributed by atoms with Crippen molar-refractivity contribution in [2.24, 2.45) is 0 Å². The minimum absolute atomic E-state index is 0.0402. The largest absolute Gasteiger partial charge is 0.463 e. The maximum atomic E-state index is 12.8. The number of benzene rings is 1. The summed E-state index contributed by atoms with van der Waals surface area (Å²) in [4.78, 5) is 18.9. The van der Waals surface area contributed by atoms with Gasteiger partial charge in [-0.25, -0.2) is 0 Å². The zero-order chi connectivity index (χ0) is 19.5. The van der Waals surface area contributed by atoms with Crippen molar-refractivity contribution in [1.82, 2.24) is 10.3 Å². The van der Waals surface area contributed by atoms with Crippen molar-refractivity contribution in [3.63, 3.8) is 0 Å². The molecule has 1 aromatic carbocycles. The van der Waals surface area contributed by atoms with Gasteiger partial charge in [0.2, 0.25) is 5.91 Å². The molecular formula is C23H28N3O2+. The molecule has 5 heteroatoms. The summed E-state index contributed by atoms with van der Waals surface area (Å²) in [5.74, 6) is 0.996. The van der Waals surface area contributed by atoms with E-state index in [0.717, 1.165) is 46.6 Å². The van der Waals surface area contributed by atoms with Gasteiger partial charge in [-0.15, -0.1) is 0 Å². The Morgan fingerprint density at radius 1 is 1.18 bits per heavy atom. The lowest BCUT2D eigenvalue weighted by atomic mass is 9.99. The number of pyridine rings is 1. The van der Waals surface area contributed by atoms with Crippen molar-refractivity contribution in [3.8, 4) is 0 Å². The molecule has 0 saturated carbocycles. The number of carbonyl (C=O) groups excluding carboxylic acids is 1. The van der Waals surface area contributed by atoms with Crippen molar-refractivity contribution in [3.05, 3.63) is 65.2 Å². The van der Waals surface area contributed by atoms with Crippen LogP contribution in [-0.4, -0.2) is 30.5 Å². The Kier molecular flexibility index (Phi) is 5.44. The van der Waals surface area contributed by atoms with Crippen LogP contribution in [0.25, 0.3) is 10.9 Å². The number of aromatic nitrogens is 1. The Bertz CT molecular complexity index is 959. The number of nitrogens with one attached hydrogen (secondary N) is 2. The van der Waals surface area contributed by atoms with Crippen molar-refractivity contribution in [2.75, 3.05) is 19.6 Å². The molecule has 5 nitrogen and oxygen atoms in total. The maximum absolute atomic E-state index is 12.8. The maximum Gasteiger partial charge on any atom is 0.224 e. The summed E-state index contributed by atoms with van der Waals surface area (Å²) >= 11 is 0. The van der Waals surface area contributed by atoms with Gasteiger partial charge in [0.25, 0.3) is 0 Å². The first-order valence-corrected chi connectivity index (χ1v) is 10.1. The van der Waals surface area contributed by atoms with Crippen molar-refractivity contribution < 1.29 is 14.1 Å². The molecule has 146 valence electrons. The number of rotatable bonds is 6. The van der Waals surface area contributed by atoms with E-state index in [1.54, 1.807) is 6.26 Å². The van der Waals surface area contributed by atoms with Crippen LogP contribution in [0.1, 0.15) is 41.5 Å². The molecule has 3 heterocycles. The number of aryl methyl sites for hydroxylation is 2. The monoisotopic (exact) mass is 378 g/mol. The molecule has 1 aliphatic heterocycles. The number of fused-ring (bicyclic) bond motifs is 1. The molecule has 0 aliphatic carbocycles. The van der Waals surface area contributed by atoms with Gasteiger partial charge in [0, 0.05) is 23.9 Å². The fourth-order valence-corrected chi connectivity index (χ4v) is 4.38. The summed E-state index contributed by atoms with van der Waals surface area (Å²) in [5.41, 5.74) is 4.08. The van der Waals surface area contributed by atoms with E-state index < -0.39 is 0 Å². The quantitative estimate of drug-likeness (QED) is 0.693.